The Morgan fingerprint density at radius 2 is 1.80 bits per heavy atom. The molecule has 0 amide bonds. The number of hydrogen-bond acceptors (Lipinski definition) is 1. The van der Waals surface area contributed by atoms with Gasteiger partial charge in [0.05, 0.1) is 0 Å². The summed E-state index contributed by atoms with van der Waals surface area (Å²) in [5.74, 6) is 0. The van der Waals surface area contributed by atoms with E-state index in [1.165, 1.54) is 22.0 Å². The molecular formula is C14H17N. The highest BCUT2D eigenvalue weighted by Gasteiger charge is 2.04. The molecule has 0 atom stereocenters. The van der Waals surface area contributed by atoms with Crippen molar-refractivity contribution < 1.29 is 0 Å². The molecule has 0 aliphatic carbocycles. The average Bonchev–Trinajstić information content (AvgIpc) is 2.27. The van der Waals surface area contributed by atoms with E-state index < -0.39 is 0 Å². The summed E-state index contributed by atoms with van der Waals surface area (Å²) >= 11 is 0. The van der Waals surface area contributed by atoms with Gasteiger partial charge in [0, 0.05) is 25.2 Å². The molecule has 2 rings (SSSR count). The van der Waals surface area contributed by atoms with Crippen LogP contribution in [0.3, 0.4) is 0 Å². The SMILES string of the molecule is CCc1cc(N(C)C)c2ccccc2c1. The standard InChI is InChI=1S/C14H17N/c1-4-11-9-12-7-5-6-8-13(12)14(10-11)15(2)3/h5-10H,4H2,1-3H3. The van der Waals surface area contributed by atoms with E-state index >= 15 is 0 Å². The molecule has 0 heterocycles. The van der Waals surface area contributed by atoms with Gasteiger partial charge in [-0.15, -0.1) is 0 Å². The number of aryl methyl sites for hydroxylation is 1. The van der Waals surface area contributed by atoms with Gasteiger partial charge in [0.1, 0.15) is 0 Å². The van der Waals surface area contributed by atoms with Gasteiger partial charge in [-0.25, -0.2) is 0 Å². The number of nitrogens with zero attached hydrogens (tertiary/aromatic N) is 1. The van der Waals surface area contributed by atoms with Crippen LogP contribution < -0.4 is 4.90 Å². The smallest absolute Gasteiger partial charge is 0.0443 e. The summed E-state index contributed by atoms with van der Waals surface area (Å²) < 4.78 is 0. The predicted octanol–water partition coefficient (Wildman–Crippen LogP) is 3.47. The van der Waals surface area contributed by atoms with Crippen molar-refractivity contribution in [1.82, 2.24) is 0 Å². The summed E-state index contributed by atoms with van der Waals surface area (Å²) in [6.45, 7) is 2.20. The zero-order valence-electron chi connectivity index (χ0n) is 9.62. The van der Waals surface area contributed by atoms with Gasteiger partial charge in [0.25, 0.3) is 0 Å². The Kier molecular flexibility index (Phi) is 2.63. The lowest BCUT2D eigenvalue weighted by molar-refractivity contribution is 1.11. The normalized spacial score (nSPS) is 10.6. The van der Waals surface area contributed by atoms with Crippen molar-refractivity contribution in [2.45, 2.75) is 13.3 Å². The Hall–Kier alpha value is -1.50. The van der Waals surface area contributed by atoms with Crippen LogP contribution in [0.4, 0.5) is 5.69 Å². The maximum absolute atomic E-state index is 2.28. The first-order chi connectivity index (χ1) is 7.22. The zero-order valence-corrected chi connectivity index (χ0v) is 9.62. The third-order valence-electron chi connectivity index (χ3n) is 2.79. The number of benzene rings is 2. The van der Waals surface area contributed by atoms with Crippen LogP contribution in [0.5, 0.6) is 0 Å². The van der Waals surface area contributed by atoms with Crippen LogP contribution in [0.2, 0.25) is 0 Å². The molecule has 0 radical (unpaired) electrons. The number of rotatable bonds is 2. The van der Waals surface area contributed by atoms with Crippen LogP contribution in [-0.4, -0.2) is 14.1 Å². The van der Waals surface area contributed by atoms with Crippen LogP contribution in [-0.2, 0) is 6.42 Å². The van der Waals surface area contributed by atoms with Gasteiger partial charge in [-0.05, 0) is 23.4 Å². The molecule has 0 bridgehead atoms. The lowest BCUT2D eigenvalue weighted by Gasteiger charge is -2.17. The Morgan fingerprint density at radius 1 is 1.07 bits per heavy atom. The molecule has 0 unspecified atom stereocenters. The summed E-state index contributed by atoms with van der Waals surface area (Å²) in [6, 6.07) is 13.1. The summed E-state index contributed by atoms with van der Waals surface area (Å²) in [4.78, 5) is 2.18. The molecule has 0 saturated carbocycles. The van der Waals surface area contributed by atoms with Gasteiger partial charge in [-0.1, -0.05) is 37.3 Å². The minimum absolute atomic E-state index is 1.09. The molecule has 2 aromatic rings. The van der Waals surface area contributed by atoms with Gasteiger partial charge >= 0.3 is 0 Å². The first-order valence-corrected chi connectivity index (χ1v) is 5.41. The van der Waals surface area contributed by atoms with E-state index in [9.17, 15) is 0 Å². The molecule has 0 fully saturated rings. The molecule has 0 spiro atoms. The fraction of sp³-hybridized carbons (Fsp3) is 0.286. The van der Waals surface area contributed by atoms with Crippen LogP contribution >= 0.6 is 0 Å². The van der Waals surface area contributed by atoms with Crippen molar-refractivity contribution in [2.75, 3.05) is 19.0 Å². The number of anilines is 1. The van der Waals surface area contributed by atoms with Crippen LogP contribution in [0.1, 0.15) is 12.5 Å². The van der Waals surface area contributed by atoms with Crippen LogP contribution in [0.15, 0.2) is 36.4 Å². The van der Waals surface area contributed by atoms with E-state index in [1.807, 2.05) is 0 Å². The van der Waals surface area contributed by atoms with Crippen molar-refractivity contribution in [1.29, 1.82) is 0 Å². The van der Waals surface area contributed by atoms with Gasteiger partial charge in [0.2, 0.25) is 0 Å². The Morgan fingerprint density at radius 3 is 2.47 bits per heavy atom. The summed E-state index contributed by atoms with van der Waals surface area (Å²) in [7, 11) is 4.20. The summed E-state index contributed by atoms with van der Waals surface area (Å²) in [5, 5.41) is 2.67. The number of hydrogen-bond donors (Lipinski definition) is 0. The maximum atomic E-state index is 2.28. The fourth-order valence-electron chi connectivity index (χ4n) is 1.93. The van der Waals surface area contributed by atoms with E-state index in [0.717, 1.165) is 6.42 Å². The van der Waals surface area contributed by atoms with Gasteiger partial charge < -0.3 is 4.90 Å². The molecule has 0 aromatic heterocycles. The molecule has 0 N–H and O–H groups in total. The van der Waals surface area contributed by atoms with Crippen molar-refractivity contribution in [2.24, 2.45) is 0 Å². The van der Waals surface area contributed by atoms with E-state index in [1.54, 1.807) is 0 Å². The van der Waals surface area contributed by atoms with E-state index in [2.05, 4.69) is 62.3 Å². The summed E-state index contributed by atoms with van der Waals surface area (Å²) in [6.07, 6.45) is 1.09. The van der Waals surface area contributed by atoms with E-state index in [-0.39, 0.29) is 0 Å². The molecular weight excluding hydrogens is 182 g/mol. The largest absolute Gasteiger partial charge is 0.377 e. The average molecular weight is 199 g/mol. The third kappa shape index (κ3) is 1.82. The second kappa shape index (κ2) is 3.93. The van der Waals surface area contributed by atoms with Gasteiger partial charge in [-0.2, -0.15) is 0 Å². The molecule has 1 heteroatoms. The molecule has 15 heavy (non-hydrogen) atoms. The second-order valence-corrected chi connectivity index (χ2v) is 4.08. The quantitative estimate of drug-likeness (QED) is 0.716. The minimum Gasteiger partial charge on any atom is -0.377 e. The highest BCUT2D eigenvalue weighted by Crippen LogP contribution is 2.27. The first-order valence-electron chi connectivity index (χ1n) is 5.41. The molecule has 78 valence electrons. The van der Waals surface area contributed by atoms with Crippen LogP contribution in [0, 0.1) is 0 Å². The van der Waals surface area contributed by atoms with Crippen molar-refractivity contribution in [3.63, 3.8) is 0 Å². The Balaban J connectivity index is 2.74. The molecule has 0 aliphatic heterocycles. The van der Waals surface area contributed by atoms with E-state index in [0.29, 0.717) is 0 Å². The van der Waals surface area contributed by atoms with Crippen molar-refractivity contribution in [3.05, 3.63) is 42.0 Å². The van der Waals surface area contributed by atoms with Crippen molar-refractivity contribution >= 4 is 16.5 Å². The molecule has 2 aromatic carbocycles. The minimum atomic E-state index is 1.09. The third-order valence-corrected chi connectivity index (χ3v) is 2.79. The highest BCUT2D eigenvalue weighted by atomic mass is 15.1. The maximum Gasteiger partial charge on any atom is 0.0443 e. The highest BCUT2D eigenvalue weighted by molar-refractivity contribution is 5.94. The number of fused-ring (bicyclic) bond motifs is 1. The zero-order chi connectivity index (χ0) is 10.8. The molecule has 0 aliphatic rings. The van der Waals surface area contributed by atoms with Gasteiger partial charge in [0.15, 0.2) is 0 Å². The topological polar surface area (TPSA) is 3.24 Å². The Bertz CT molecular complexity index is 472. The summed E-state index contributed by atoms with van der Waals surface area (Å²) in [5.41, 5.74) is 2.71. The first kappa shape index (κ1) is 10.0. The second-order valence-electron chi connectivity index (χ2n) is 4.08. The Labute approximate surface area is 91.3 Å². The fourth-order valence-corrected chi connectivity index (χ4v) is 1.93. The molecule has 1 nitrogen and oxygen atoms in total. The van der Waals surface area contributed by atoms with Crippen molar-refractivity contribution in [3.8, 4) is 0 Å². The van der Waals surface area contributed by atoms with Crippen LogP contribution in [0.25, 0.3) is 10.8 Å². The van der Waals surface area contributed by atoms with E-state index in [4.69, 9.17) is 0 Å². The van der Waals surface area contributed by atoms with Gasteiger partial charge in [-0.3, -0.25) is 0 Å². The molecule has 0 saturated heterocycles. The lowest BCUT2D eigenvalue weighted by atomic mass is 10.0. The lowest BCUT2D eigenvalue weighted by Crippen LogP contribution is -2.09. The predicted molar refractivity (Wildman–Crippen MR) is 67.7 cm³/mol. The monoisotopic (exact) mass is 199 g/mol.